The number of anilines is 2. The lowest BCUT2D eigenvalue weighted by molar-refractivity contribution is -0.132. The molecule has 2 aliphatic heterocycles. The van der Waals surface area contributed by atoms with Crippen molar-refractivity contribution in [3.8, 4) is 0 Å². The van der Waals surface area contributed by atoms with Gasteiger partial charge in [-0.25, -0.2) is 0 Å². The Morgan fingerprint density at radius 3 is 2.24 bits per heavy atom. The van der Waals surface area contributed by atoms with Gasteiger partial charge in [-0.3, -0.25) is 23.9 Å². The van der Waals surface area contributed by atoms with Crippen LogP contribution in [0.4, 0.5) is 11.4 Å². The number of hydrogen-bond donors (Lipinski definition) is 0. The quantitative estimate of drug-likeness (QED) is 0.0451. The zero-order valence-electron chi connectivity index (χ0n) is 32.7. The molecule has 0 radical (unpaired) electrons. The number of fused-ring (bicyclic) bond motifs is 3. The van der Waals surface area contributed by atoms with Crippen LogP contribution in [-0.4, -0.2) is 38.8 Å². The predicted molar refractivity (Wildman–Crippen MR) is 242 cm³/mol. The first-order valence-corrected chi connectivity index (χ1v) is 22.4. The van der Waals surface area contributed by atoms with Crippen molar-refractivity contribution < 1.29 is 14.3 Å². The number of thioether (sulfide) groups is 1. The third-order valence-electron chi connectivity index (χ3n) is 11.4. The van der Waals surface area contributed by atoms with Crippen molar-refractivity contribution in [2.75, 3.05) is 11.4 Å². The molecule has 0 bridgehead atoms. The molecule has 2 unspecified atom stereocenters. The van der Waals surface area contributed by atoms with Gasteiger partial charge >= 0.3 is 0 Å². The number of carbonyl (C=O) groups is 2. The minimum atomic E-state index is -0.305. The number of unbranched alkanes of at least 4 members (excludes halogenated alkanes) is 5. The Morgan fingerprint density at radius 1 is 0.845 bits per heavy atom. The summed E-state index contributed by atoms with van der Waals surface area (Å²) in [6.45, 7) is 2.79. The van der Waals surface area contributed by atoms with Gasteiger partial charge in [0.1, 0.15) is 13.9 Å². The molecule has 58 heavy (non-hydrogen) atoms. The maximum Gasteiger partial charge on any atom is 0.294 e. The van der Waals surface area contributed by atoms with Crippen molar-refractivity contribution in [3.63, 3.8) is 0 Å². The van der Waals surface area contributed by atoms with Gasteiger partial charge < -0.3 is 9.64 Å². The highest BCUT2D eigenvalue weighted by molar-refractivity contribution is 8.30. The van der Waals surface area contributed by atoms with Crippen molar-refractivity contribution in [1.82, 2.24) is 9.47 Å². The zero-order chi connectivity index (χ0) is 40.0. The molecule has 5 aromatic rings. The van der Waals surface area contributed by atoms with Gasteiger partial charge in [0.2, 0.25) is 0 Å². The molecule has 0 N–H and O–H groups in total. The molecule has 2 atom stereocenters. The fourth-order valence-electron chi connectivity index (χ4n) is 8.60. The number of thiazole rings is 1. The number of carbonyl (C=O) groups excluding carboxylic acids is 2. The molecular formula is C48H47N3O4S3. The second-order valence-electron chi connectivity index (χ2n) is 15.1. The number of hydrogen-bond acceptors (Lipinski definition) is 8. The van der Waals surface area contributed by atoms with Crippen molar-refractivity contribution in [2.24, 2.45) is 0 Å². The fraction of sp³-hybridized carbons (Fsp3) is 0.292. The van der Waals surface area contributed by atoms with Crippen LogP contribution in [0.5, 0.6) is 0 Å². The molecule has 8 rings (SSSR count). The summed E-state index contributed by atoms with van der Waals surface area (Å²) < 4.78 is 7.88. The van der Waals surface area contributed by atoms with Gasteiger partial charge in [-0.1, -0.05) is 148 Å². The molecule has 3 aliphatic rings. The lowest BCUT2D eigenvalue weighted by atomic mass is 9.95. The van der Waals surface area contributed by atoms with E-state index in [0.717, 1.165) is 49.7 Å². The molecule has 1 aromatic heterocycles. The van der Waals surface area contributed by atoms with Crippen LogP contribution < -0.4 is 19.7 Å². The number of nitrogens with zero attached hydrogens (tertiary/aromatic N) is 3. The standard InChI is InChI=1S/C48H47N3O4S3/c1-2-3-4-5-6-13-27-49-46(54)44(58-48(49)56)47-50(31-55-32-52)45(53)43(57-47)30-34-23-26-42-40(29-34)38-19-14-20-41(38)51(42)37-24-21-33(22-25-37)28-39(35-15-9-7-10-16-35)36-17-11-8-12-18-36/h7-12,15-18,21-26,28-30,32,38,41H,2-6,13-14,19-20,27,31H2,1H3/b43-30+,47-44+. The monoisotopic (exact) mass is 825 g/mol. The van der Waals surface area contributed by atoms with Crippen LogP contribution in [0, 0.1) is 0 Å². The average Bonchev–Trinajstić information content (AvgIpc) is 4.00. The summed E-state index contributed by atoms with van der Waals surface area (Å²) in [5.74, 6) is 0.196. The van der Waals surface area contributed by atoms with Crippen molar-refractivity contribution in [3.05, 3.63) is 150 Å². The lowest BCUT2D eigenvalue weighted by Crippen LogP contribution is -2.34. The maximum absolute atomic E-state index is 13.9. The lowest BCUT2D eigenvalue weighted by Gasteiger charge is -2.27. The molecule has 1 saturated carbocycles. The highest BCUT2D eigenvalue weighted by Gasteiger charge is 2.42. The molecule has 4 aromatic carbocycles. The van der Waals surface area contributed by atoms with Gasteiger partial charge in [0.05, 0.1) is 4.53 Å². The van der Waals surface area contributed by atoms with Crippen LogP contribution in [0.1, 0.15) is 98.4 Å². The van der Waals surface area contributed by atoms with Gasteiger partial charge in [0, 0.05) is 29.9 Å². The molecule has 1 saturated heterocycles. The van der Waals surface area contributed by atoms with E-state index in [4.69, 9.17) is 17.0 Å². The van der Waals surface area contributed by atoms with E-state index in [0.29, 0.717) is 43.4 Å². The first-order valence-electron chi connectivity index (χ1n) is 20.4. The minimum absolute atomic E-state index is 0.196. The van der Waals surface area contributed by atoms with E-state index in [1.807, 2.05) is 18.2 Å². The van der Waals surface area contributed by atoms with E-state index in [2.05, 4.69) is 109 Å². The van der Waals surface area contributed by atoms with Crippen LogP contribution in [0.2, 0.25) is 0 Å². The van der Waals surface area contributed by atoms with Crippen LogP contribution in [0.25, 0.3) is 22.6 Å². The molecule has 0 spiro atoms. The molecule has 1 aliphatic carbocycles. The summed E-state index contributed by atoms with van der Waals surface area (Å²) in [6.07, 6.45) is 14.2. The molecule has 10 heteroatoms. The number of benzene rings is 4. The number of rotatable bonds is 15. The number of thiocarbonyl (C=S) groups is 1. The van der Waals surface area contributed by atoms with Gasteiger partial charge in [-0.15, -0.1) is 11.3 Å². The van der Waals surface area contributed by atoms with Gasteiger partial charge in [0.15, 0.2) is 6.73 Å². The van der Waals surface area contributed by atoms with Crippen LogP contribution in [0.15, 0.2) is 108 Å². The van der Waals surface area contributed by atoms with E-state index in [1.165, 1.54) is 80.6 Å². The topological polar surface area (TPSA) is 71.8 Å². The van der Waals surface area contributed by atoms with E-state index in [-0.39, 0.29) is 18.2 Å². The second kappa shape index (κ2) is 18.3. The van der Waals surface area contributed by atoms with Gasteiger partial charge in [-0.2, -0.15) is 0 Å². The van der Waals surface area contributed by atoms with Crippen LogP contribution in [-0.2, 0) is 21.1 Å². The fourth-order valence-corrected chi connectivity index (χ4v) is 11.2. The Hall–Kier alpha value is -5.03. The van der Waals surface area contributed by atoms with E-state index in [9.17, 15) is 14.4 Å². The van der Waals surface area contributed by atoms with Crippen LogP contribution >= 0.6 is 35.3 Å². The van der Waals surface area contributed by atoms with E-state index in [1.54, 1.807) is 4.90 Å². The minimum Gasteiger partial charge on any atom is -0.446 e. The number of aromatic nitrogens is 1. The van der Waals surface area contributed by atoms with Crippen molar-refractivity contribution in [1.29, 1.82) is 0 Å². The normalized spacial score (nSPS) is 18.5. The summed E-state index contributed by atoms with van der Waals surface area (Å²) in [4.78, 5) is 43.4. The molecule has 2 fully saturated rings. The Labute approximate surface area is 353 Å². The predicted octanol–water partition coefficient (Wildman–Crippen LogP) is 9.57. The Balaban J connectivity index is 1.09. The zero-order valence-corrected chi connectivity index (χ0v) is 35.1. The summed E-state index contributed by atoms with van der Waals surface area (Å²) in [7, 11) is 0. The molecule has 296 valence electrons. The average molecular weight is 826 g/mol. The first-order chi connectivity index (χ1) is 28.4. The van der Waals surface area contributed by atoms with E-state index < -0.39 is 0 Å². The molecular weight excluding hydrogens is 779 g/mol. The second-order valence-corrected chi connectivity index (χ2v) is 17.8. The Morgan fingerprint density at radius 2 is 1.53 bits per heavy atom. The Kier molecular flexibility index (Phi) is 12.5. The van der Waals surface area contributed by atoms with E-state index >= 15 is 0 Å². The smallest absolute Gasteiger partial charge is 0.294 e. The summed E-state index contributed by atoms with van der Waals surface area (Å²) in [5.41, 5.74) is 8.97. The third kappa shape index (κ3) is 8.28. The molecule has 3 heterocycles. The van der Waals surface area contributed by atoms with Crippen molar-refractivity contribution in [2.45, 2.75) is 83.4 Å². The first kappa shape index (κ1) is 39.8. The number of amides is 1. The van der Waals surface area contributed by atoms with Crippen LogP contribution in [0.3, 0.4) is 0 Å². The third-order valence-corrected chi connectivity index (χ3v) is 14.1. The maximum atomic E-state index is 13.9. The Bertz CT molecular complexity index is 2470. The summed E-state index contributed by atoms with van der Waals surface area (Å²) >= 11 is 8.10. The molecule has 1 amide bonds. The largest absolute Gasteiger partial charge is 0.446 e. The highest BCUT2D eigenvalue weighted by atomic mass is 32.2. The SMILES string of the molecule is CCCCCCCCN1C(=O)/C(=c2\s/c(=C/c3ccc4c(c3)C3CCCC3N4c3ccc(C=C(c4ccccc4)c4ccccc4)cc3)c(=O)n2COC=O)SC1=S. The number of ether oxygens (including phenoxy) is 1. The van der Waals surface area contributed by atoms with Crippen molar-refractivity contribution >= 4 is 86.0 Å². The van der Waals surface area contributed by atoms with Gasteiger partial charge in [-0.05, 0) is 89.1 Å². The van der Waals surface area contributed by atoms with Gasteiger partial charge in [0.25, 0.3) is 17.9 Å². The molecule has 7 nitrogen and oxygen atoms in total. The summed E-state index contributed by atoms with van der Waals surface area (Å²) in [5, 5.41) is 0. The highest BCUT2D eigenvalue weighted by Crippen LogP contribution is 2.52. The summed E-state index contributed by atoms with van der Waals surface area (Å²) in [6, 6.07) is 36.8.